The van der Waals surface area contributed by atoms with Gasteiger partial charge in [0.2, 0.25) is 0 Å². The predicted octanol–water partition coefficient (Wildman–Crippen LogP) is -0.423. The van der Waals surface area contributed by atoms with Crippen LogP contribution in [-0.2, 0) is 6.54 Å². The van der Waals surface area contributed by atoms with Crippen molar-refractivity contribution in [2.45, 2.75) is 19.1 Å². The lowest BCUT2D eigenvalue weighted by molar-refractivity contribution is 0.0335. The van der Waals surface area contributed by atoms with E-state index in [2.05, 4.69) is 15.3 Å². The lowest BCUT2D eigenvalue weighted by atomic mass is 10.1. The molecule has 0 fully saturated rings. The summed E-state index contributed by atoms with van der Waals surface area (Å²) >= 11 is 0. The Kier molecular flexibility index (Phi) is 5.34. The molecule has 0 aliphatic heterocycles. The number of nitrogens with zero attached hydrogens (tertiary/aromatic N) is 3. The molecular weight excluding hydrogens is 248 g/mol. The summed E-state index contributed by atoms with van der Waals surface area (Å²) in [6.45, 7) is 2.84. The van der Waals surface area contributed by atoms with Crippen molar-refractivity contribution in [3.8, 4) is 0 Å². The SMILES string of the molecule is CN(C)CC(C)(O)CNCc1ncncc1C(=O)O. The number of aromatic carboxylic acids is 1. The topological polar surface area (TPSA) is 98.6 Å². The van der Waals surface area contributed by atoms with E-state index in [9.17, 15) is 9.90 Å². The molecule has 1 atom stereocenters. The molecule has 7 heteroatoms. The number of carboxylic acid groups (broad SMARTS) is 1. The zero-order valence-electron chi connectivity index (χ0n) is 11.4. The Hall–Kier alpha value is -1.57. The van der Waals surface area contributed by atoms with Crippen LogP contribution in [0.2, 0.25) is 0 Å². The third-order valence-corrected chi connectivity index (χ3v) is 2.48. The number of hydrogen-bond acceptors (Lipinski definition) is 6. The second-order valence-corrected chi connectivity index (χ2v) is 5.03. The van der Waals surface area contributed by atoms with Gasteiger partial charge in [-0.15, -0.1) is 0 Å². The van der Waals surface area contributed by atoms with Crippen LogP contribution in [0.1, 0.15) is 23.0 Å². The molecule has 0 bridgehead atoms. The zero-order chi connectivity index (χ0) is 14.5. The zero-order valence-corrected chi connectivity index (χ0v) is 11.4. The van der Waals surface area contributed by atoms with Crippen molar-refractivity contribution in [2.75, 3.05) is 27.2 Å². The predicted molar refractivity (Wildman–Crippen MR) is 69.9 cm³/mol. The smallest absolute Gasteiger partial charge is 0.339 e. The third kappa shape index (κ3) is 5.29. The van der Waals surface area contributed by atoms with Gasteiger partial charge in [-0.05, 0) is 21.0 Å². The van der Waals surface area contributed by atoms with Crippen LogP contribution in [0.25, 0.3) is 0 Å². The van der Waals surface area contributed by atoms with Gasteiger partial charge in [0, 0.05) is 25.8 Å². The summed E-state index contributed by atoms with van der Waals surface area (Å²) in [5.74, 6) is -1.06. The van der Waals surface area contributed by atoms with E-state index in [0.717, 1.165) is 0 Å². The summed E-state index contributed by atoms with van der Waals surface area (Å²) in [6.07, 6.45) is 2.58. The van der Waals surface area contributed by atoms with E-state index in [1.54, 1.807) is 6.92 Å². The van der Waals surface area contributed by atoms with E-state index < -0.39 is 11.6 Å². The van der Waals surface area contributed by atoms with Crippen molar-refractivity contribution in [3.05, 3.63) is 23.8 Å². The fraction of sp³-hybridized carbons (Fsp3) is 0.583. The molecule has 1 rings (SSSR count). The van der Waals surface area contributed by atoms with Crippen LogP contribution >= 0.6 is 0 Å². The highest BCUT2D eigenvalue weighted by Crippen LogP contribution is 2.06. The summed E-state index contributed by atoms with van der Waals surface area (Å²) in [5.41, 5.74) is -0.412. The van der Waals surface area contributed by atoms with Gasteiger partial charge in [-0.2, -0.15) is 0 Å². The number of carboxylic acids is 1. The van der Waals surface area contributed by atoms with E-state index in [0.29, 0.717) is 18.8 Å². The molecule has 1 unspecified atom stereocenters. The Labute approximate surface area is 112 Å². The molecule has 0 radical (unpaired) electrons. The maximum atomic E-state index is 11.0. The van der Waals surface area contributed by atoms with Crippen LogP contribution in [0, 0.1) is 0 Å². The van der Waals surface area contributed by atoms with E-state index in [-0.39, 0.29) is 12.1 Å². The van der Waals surface area contributed by atoms with E-state index in [1.165, 1.54) is 12.5 Å². The lowest BCUT2D eigenvalue weighted by Crippen LogP contribution is -2.45. The van der Waals surface area contributed by atoms with Gasteiger partial charge in [-0.25, -0.2) is 14.8 Å². The Morgan fingerprint density at radius 3 is 2.79 bits per heavy atom. The molecule has 0 aliphatic carbocycles. The van der Waals surface area contributed by atoms with Crippen molar-refractivity contribution >= 4 is 5.97 Å². The van der Waals surface area contributed by atoms with Gasteiger partial charge < -0.3 is 20.4 Å². The fourth-order valence-electron chi connectivity index (χ4n) is 1.86. The minimum Gasteiger partial charge on any atom is -0.478 e. The van der Waals surface area contributed by atoms with Crippen LogP contribution in [0.4, 0.5) is 0 Å². The van der Waals surface area contributed by atoms with Gasteiger partial charge in [0.15, 0.2) is 0 Å². The van der Waals surface area contributed by atoms with Crippen LogP contribution < -0.4 is 5.32 Å². The van der Waals surface area contributed by atoms with Gasteiger partial charge in [0.25, 0.3) is 0 Å². The van der Waals surface area contributed by atoms with Gasteiger partial charge in [0.1, 0.15) is 11.9 Å². The van der Waals surface area contributed by atoms with Crippen molar-refractivity contribution < 1.29 is 15.0 Å². The van der Waals surface area contributed by atoms with Crippen LogP contribution in [0.15, 0.2) is 12.5 Å². The quantitative estimate of drug-likeness (QED) is 0.617. The first-order valence-corrected chi connectivity index (χ1v) is 5.92. The molecule has 106 valence electrons. The van der Waals surface area contributed by atoms with Crippen molar-refractivity contribution in [1.29, 1.82) is 0 Å². The van der Waals surface area contributed by atoms with E-state index >= 15 is 0 Å². The second kappa shape index (κ2) is 6.55. The fourth-order valence-corrected chi connectivity index (χ4v) is 1.86. The number of aromatic nitrogens is 2. The number of nitrogens with one attached hydrogen (secondary N) is 1. The molecule has 0 saturated heterocycles. The number of hydrogen-bond donors (Lipinski definition) is 3. The first kappa shape index (κ1) is 15.5. The molecular formula is C12H20N4O3. The summed E-state index contributed by atoms with van der Waals surface area (Å²) in [5, 5.41) is 22.1. The van der Waals surface area contributed by atoms with Crippen molar-refractivity contribution in [3.63, 3.8) is 0 Å². The molecule has 0 aliphatic rings. The van der Waals surface area contributed by atoms with Crippen molar-refractivity contribution in [2.24, 2.45) is 0 Å². The first-order chi connectivity index (χ1) is 8.82. The molecule has 1 aromatic heterocycles. The Bertz CT molecular complexity index is 435. The standard InChI is InChI=1S/C12H20N4O3/c1-12(19,7-16(2)3)6-13-5-10-9(11(17)18)4-14-8-15-10/h4,8,13,19H,5-7H2,1-3H3,(H,17,18). The Morgan fingerprint density at radius 1 is 1.53 bits per heavy atom. The number of likely N-dealkylation sites (N-methyl/N-ethyl adjacent to an activating group) is 1. The van der Waals surface area contributed by atoms with Crippen molar-refractivity contribution in [1.82, 2.24) is 20.2 Å². The second-order valence-electron chi connectivity index (χ2n) is 5.03. The molecule has 0 saturated carbocycles. The highest BCUT2D eigenvalue weighted by Gasteiger charge is 2.21. The molecule has 19 heavy (non-hydrogen) atoms. The highest BCUT2D eigenvalue weighted by molar-refractivity contribution is 5.88. The molecule has 7 nitrogen and oxygen atoms in total. The molecule has 3 N–H and O–H groups in total. The molecule has 0 aromatic carbocycles. The molecule has 1 heterocycles. The van der Waals surface area contributed by atoms with Crippen LogP contribution in [0.3, 0.4) is 0 Å². The number of rotatable bonds is 7. The lowest BCUT2D eigenvalue weighted by Gasteiger charge is -2.27. The monoisotopic (exact) mass is 268 g/mol. The summed E-state index contributed by atoms with van der Waals surface area (Å²) < 4.78 is 0. The van der Waals surface area contributed by atoms with Crippen LogP contribution in [0.5, 0.6) is 0 Å². The minimum atomic E-state index is -1.06. The van der Waals surface area contributed by atoms with Crippen LogP contribution in [-0.4, -0.2) is 63.8 Å². The van der Waals surface area contributed by atoms with Gasteiger partial charge in [-0.3, -0.25) is 0 Å². The Morgan fingerprint density at radius 2 is 2.21 bits per heavy atom. The van der Waals surface area contributed by atoms with Gasteiger partial charge in [0.05, 0.1) is 11.3 Å². The highest BCUT2D eigenvalue weighted by atomic mass is 16.4. The average molecular weight is 268 g/mol. The molecule has 1 aromatic rings. The first-order valence-electron chi connectivity index (χ1n) is 5.92. The van der Waals surface area contributed by atoms with Gasteiger partial charge in [-0.1, -0.05) is 0 Å². The summed E-state index contributed by atoms with van der Waals surface area (Å²) in [7, 11) is 3.75. The number of carbonyl (C=O) groups is 1. The van der Waals surface area contributed by atoms with E-state index in [4.69, 9.17) is 5.11 Å². The maximum absolute atomic E-state index is 11.0. The van der Waals surface area contributed by atoms with Gasteiger partial charge >= 0.3 is 5.97 Å². The third-order valence-electron chi connectivity index (χ3n) is 2.48. The number of aliphatic hydroxyl groups is 1. The molecule has 0 amide bonds. The average Bonchev–Trinajstić information content (AvgIpc) is 2.27. The molecule has 0 spiro atoms. The maximum Gasteiger partial charge on any atom is 0.339 e. The Balaban J connectivity index is 2.56. The normalized spacial score (nSPS) is 14.4. The summed E-state index contributed by atoms with van der Waals surface area (Å²) in [6, 6.07) is 0. The minimum absolute atomic E-state index is 0.0715. The largest absolute Gasteiger partial charge is 0.478 e. The summed E-state index contributed by atoms with van der Waals surface area (Å²) in [4.78, 5) is 20.5. The van der Waals surface area contributed by atoms with E-state index in [1.807, 2.05) is 19.0 Å².